The highest BCUT2D eigenvalue weighted by molar-refractivity contribution is 5.97. The normalized spacial score (nSPS) is 14.4. The second-order valence-electron chi connectivity index (χ2n) is 3.47. The molecular formula is C12H14O3. The molecule has 0 aromatic heterocycles. The Labute approximate surface area is 89.2 Å². The molecule has 0 spiro atoms. The molecule has 3 nitrogen and oxygen atoms in total. The van der Waals surface area contributed by atoms with E-state index in [0.717, 1.165) is 12.0 Å². The number of hydrogen-bond acceptors (Lipinski definition) is 2. The van der Waals surface area contributed by atoms with Crippen LogP contribution in [0.3, 0.4) is 0 Å². The van der Waals surface area contributed by atoms with Gasteiger partial charge in [0, 0.05) is 31.3 Å². The minimum atomic E-state index is -0.787. The molecule has 0 aliphatic heterocycles. The molecule has 0 bridgehead atoms. The lowest BCUT2D eigenvalue weighted by molar-refractivity contribution is -0.137. The van der Waals surface area contributed by atoms with Crippen LogP contribution in [0.4, 0.5) is 0 Å². The number of carbonyl (C=O) groups is 2. The molecule has 3 heteroatoms. The van der Waals surface area contributed by atoms with E-state index in [2.05, 4.69) is 11.8 Å². The molecule has 0 heterocycles. The summed E-state index contributed by atoms with van der Waals surface area (Å²) in [5.74, 6) is 5.20. The van der Waals surface area contributed by atoms with E-state index < -0.39 is 5.97 Å². The third-order valence-electron chi connectivity index (χ3n) is 2.22. The van der Waals surface area contributed by atoms with E-state index in [1.165, 1.54) is 0 Å². The van der Waals surface area contributed by atoms with Crippen molar-refractivity contribution < 1.29 is 14.7 Å². The van der Waals surface area contributed by atoms with Crippen LogP contribution in [0, 0.1) is 11.8 Å². The van der Waals surface area contributed by atoms with Crippen molar-refractivity contribution in [3.05, 3.63) is 11.6 Å². The van der Waals surface area contributed by atoms with Crippen molar-refractivity contribution in [3.63, 3.8) is 0 Å². The van der Waals surface area contributed by atoms with Crippen LogP contribution in [0.5, 0.6) is 0 Å². The number of allylic oxidation sites excluding steroid dienone is 2. The summed E-state index contributed by atoms with van der Waals surface area (Å²) in [6, 6.07) is 0. The van der Waals surface area contributed by atoms with Crippen LogP contribution in [0.1, 0.15) is 38.5 Å². The second kappa shape index (κ2) is 6.02. The Kier molecular flexibility index (Phi) is 4.62. The topological polar surface area (TPSA) is 54.4 Å². The third kappa shape index (κ3) is 4.46. The molecule has 80 valence electrons. The van der Waals surface area contributed by atoms with Crippen LogP contribution in [-0.2, 0) is 9.59 Å². The Morgan fingerprint density at radius 3 is 2.87 bits per heavy atom. The molecule has 1 N–H and O–H groups in total. The number of ketones is 1. The van der Waals surface area contributed by atoms with Gasteiger partial charge in [0.15, 0.2) is 5.78 Å². The van der Waals surface area contributed by atoms with Gasteiger partial charge in [-0.3, -0.25) is 9.59 Å². The summed E-state index contributed by atoms with van der Waals surface area (Å²) in [6.45, 7) is 0. The average molecular weight is 206 g/mol. The molecule has 0 aromatic carbocycles. The first kappa shape index (κ1) is 11.5. The molecule has 0 radical (unpaired) electrons. The number of carboxylic acid groups (broad SMARTS) is 1. The summed E-state index contributed by atoms with van der Waals surface area (Å²) in [5, 5.41) is 8.38. The summed E-state index contributed by atoms with van der Waals surface area (Å²) in [4.78, 5) is 21.4. The largest absolute Gasteiger partial charge is 0.481 e. The van der Waals surface area contributed by atoms with Crippen molar-refractivity contribution in [2.45, 2.75) is 38.5 Å². The van der Waals surface area contributed by atoms with Gasteiger partial charge in [0.2, 0.25) is 0 Å². The standard InChI is InChI=1S/C12H14O3/c13-11-8-5-7-10(11)6-3-1-2-4-9-12(14)15/h7H,2,4-6,8-9H2,(H,14,15). The third-order valence-corrected chi connectivity index (χ3v) is 2.22. The van der Waals surface area contributed by atoms with Gasteiger partial charge >= 0.3 is 5.97 Å². The first-order valence-electron chi connectivity index (χ1n) is 5.10. The highest BCUT2D eigenvalue weighted by Crippen LogP contribution is 2.16. The van der Waals surface area contributed by atoms with Gasteiger partial charge in [-0.2, -0.15) is 0 Å². The fourth-order valence-corrected chi connectivity index (χ4v) is 1.40. The first-order chi connectivity index (χ1) is 7.20. The molecule has 1 aliphatic rings. The van der Waals surface area contributed by atoms with Gasteiger partial charge in [0.1, 0.15) is 0 Å². The van der Waals surface area contributed by atoms with Gasteiger partial charge < -0.3 is 5.11 Å². The van der Waals surface area contributed by atoms with Crippen LogP contribution >= 0.6 is 0 Å². The van der Waals surface area contributed by atoms with Gasteiger partial charge in [0.05, 0.1) is 0 Å². The van der Waals surface area contributed by atoms with Crippen molar-refractivity contribution in [2.24, 2.45) is 0 Å². The van der Waals surface area contributed by atoms with Gasteiger partial charge in [-0.1, -0.05) is 12.0 Å². The van der Waals surface area contributed by atoms with Crippen molar-refractivity contribution in [3.8, 4) is 11.8 Å². The number of hydrogen-bond donors (Lipinski definition) is 1. The minimum Gasteiger partial charge on any atom is -0.481 e. The molecular weight excluding hydrogens is 192 g/mol. The Morgan fingerprint density at radius 1 is 1.47 bits per heavy atom. The predicted octanol–water partition coefficient (Wildman–Crippen LogP) is 1.92. The zero-order valence-corrected chi connectivity index (χ0v) is 8.58. The number of carbonyl (C=O) groups excluding carboxylic acids is 1. The molecule has 1 rings (SSSR count). The minimum absolute atomic E-state index is 0.163. The van der Waals surface area contributed by atoms with E-state index in [9.17, 15) is 9.59 Å². The van der Waals surface area contributed by atoms with E-state index in [0.29, 0.717) is 25.7 Å². The lowest BCUT2D eigenvalue weighted by Gasteiger charge is -1.91. The highest BCUT2D eigenvalue weighted by Gasteiger charge is 2.12. The van der Waals surface area contributed by atoms with Crippen LogP contribution < -0.4 is 0 Å². The number of carboxylic acids is 1. The van der Waals surface area contributed by atoms with Crippen LogP contribution in [-0.4, -0.2) is 16.9 Å². The van der Waals surface area contributed by atoms with Crippen molar-refractivity contribution in [2.75, 3.05) is 0 Å². The summed E-state index contributed by atoms with van der Waals surface area (Å²) >= 11 is 0. The van der Waals surface area contributed by atoms with E-state index in [-0.39, 0.29) is 12.2 Å². The Balaban J connectivity index is 2.17. The smallest absolute Gasteiger partial charge is 0.303 e. The van der Waals surface area contributed by atoms with Crippen LogP contribution in [0.15, 0.2) is 11.6 Å². The van der Waals surface area contributed by atoms with Gasteiger partial charge in [-0.15, -0.1) is 5.92 Å². The number of unbranched alkanes of at least 4 members (excludes halogenated alkanes) is 1. The van der Waals surface area contributed by atoms with E-state index in [1.54, 1.807) is 0 Å². The van der Waals surface area contributed by atoms with E-state index in [4.69, 9.17) is 5.11 Å². The molecule has 0 unspecified atom stereocenters. The Hall–Kier alpha value is -1.56. The van der Waals surface area contributed by atoms with Crippen molar-refractivity contribution in [1.82, 2.24) is 0 Å². The van der Waals surface area contributed by atoms with Crippen LogP contribution in [0.25, 0.3) is 0 Å². The fraction of sp³-hybridized carbons (Fsp3) is 0.500. The summed E-state index contributed by atoms with van der Waals surface area (Å²) in [7, 11) is 0. The van der Waals surface area contributed by atoms with Gasteiger partial charge in [-0.25, -0.2) is 0 Å². The fourth-order valence-electron chi connectivity index (χ4n) is 1.40. The summed E-state index contributed by atoms with van der Waals surface area (Å²) in [6.07, 6.45) is 5.25. The van der Waals surface area contributed by atoms with Crippen molar-refractivity contribution in [1.29, 1.82) is 0 Å². The highest BCUT2D eigenvalue weighted by atomic mass is 16.4. The molecule has 0 fully saturated rings. The number of aliphatic carboxylic acids is 1. The maximum Gasteiger partial charge on any atom is 0.303 e. The molecule has 1 aliphatic carbocycles. The molecule has 0 amide bonds. The maximum absolute atomic E-state index is 11.2. The quantitative estimate of drug-likeness (QED) is 0.564. The molecule has 15 heavy (non-hydrogen) atoms. The lowest BCUT2D eigenvalue weighted by Crippen LogP contribution is -1.94. The van der Waals surface area contributed by atoms with Gasteiger partial charge in [-0.05, 0) is 12.8 Å². The predicted molar refractivity (Wildman–Crippen MR) is 56.2 cm³/mol. The van der Waals surface area contributed by atoms with E-state index >= 15 is 0 Å². The summed E-state index contributed by atoms with van der Waals surface area (Å²) < 4.78 is 0. The second-order valence-corrected chi connectivity index (χ2v) is 3.47. The first-order valence-corrected chi connectivity index (χ1v) is 5.10. The lowest BCUT2D eigenvalue weighted by atomic mass is 10.1. The SMILES string of the molecule is O=C(O)CCCC#CCC1=CCCC1=O. The van der Waals surface area contributed by atoms with Crippen molar-refractivity contribution >= 4 is 11.8 Å². The zero-order valence-electron chi connectivity index (χ0n) is 8.58. The zero-order chi connectivity index (χ0) is 11.1. The molecule has 0 atom stereocenters. The number of rotatable bonds is 4. The maximum atomic E-state index is 11.2. The molecule has 0 aromatic rings. The monoisotopic (exact) mass is 206 g/mol. The van der Waals surface area contributed by atoms with E-state index in [1.807, 2.05) is 6.08 Å². The summed E-state index contributed by atoms with van der Waals surface area (Å²) in [5.41, 5.74) is 0.820. The number of Topliss-reactive ketones (excluding diaryl/α,β-unsaturated/α-hetero) is 1. The Morgan fingerprint density at radius 2 is 2.27 bits per heavy atom. The molecule has 0 saturated heterocycles. The van der Waals surface area contributed by atoms with Crippen LogP contribution in [0.2, 0.25) is 0 Å². The Bertz CT molecular complexity index is 342. The molecule has 0 saturated carbocycles. The average Bonchev–Trinajstić information content (AvgIpc) is 2.57. The van der Waals surface area contributed by atoms with Gasteiger partial charge in [0.25, 0.3) is 0 Å².